The van der Waals surface area contributed by atoms with E-state index in [1.54, 1.807) is 12.3 Å². The first kappa shape index (κ1) is 21.3. The number of hydrogen-bond donors (Lipinski definition) is 4. The molecule has 4 rings (SSSR count). The molecule has 2 atom stereocenters. The van der Waals surface area contributed by atoms with Crippen LogP contribution < -0.4 is 10.6 Å². The van der Waals surface area contributed by atoms with Gasteiger partial charge in [-0.05, 0) is 23.8 Å². The molecule has 0 spiro atoms. The van der Waals surface area contributed by atoms with Gasteiger partial charge in [0.15, 0.2) is 12.2 Å². The lowest BCUT2D eigenvalue weighted by molar-refractivity contribution is -0.0386. The number of benzene rings is 1. The van der Waals surface area contributed by atoms with Crippen LogP contribution in [0.3, 0.4) is 0 Å². The van der Waals surface area contributed by atoms with Crippen LogP contribution in [0.5, 0.6) is 0 Å². The number of H-pyrrole nitrogens is 1. The number of hydrogen-bond acceptors (Lipinski definition) is 9. The molecule has 164 valence electrons. The van der Waals surface area contributed by atoms with E-state index in [1.165, 1.54) is 23.5 Å². The highest BCUT2D eigenvalue weighted by Crippen LogP contribution is 2.30. The Balaban J connectivity index is 1.33. The number of hydrazone groups is 1. The van der Waals surface area contributed by atoms with Crippen LogP contribution in [0, 0.1) is 23.0 Å². The van der Waals surface area contributed by atoms with E-state index < -0.39 is 24.0 Å². The zero-order valence-corrected chi connectivity index (χ0v) is 16.7. The van der Waals surface area contributed by atoms with Gasteiger partial charge in [-0.3, -0.25) is 10.4 Å². The Labute approximate surface area is 181 Å². The summed E-state index contributed by atoms with van der Waals surface area (Å²) in [5.74, 6) is -0.869. The maximum atomic E-state index is 13.9. The number of aromatic nitrogens is 4. The van der Waals surface area contributed by atoms with Crippen molar-refractivity contribution in [3.05, 3.63) is 59.6 Å². The van der Waals surface area contributed by atoms with E-state index in [0.29, 0.717) is 30.6 Å². The van der Waals surface area contributed by atoms with Crippen molar-refractivity contribution in [2.45, 2.75) is 18.8 Å². The molecule has 1 aromatic carbocycles. The van der Waals surface area contributed by atoms with Gasteiger partial charge in [-0.2, -0.15) is 15.5 Å². The average molecular weight is 439 g/mol. The molecule has 1 aliphatic heterocycles. The molecular weight excluding hydrogens is 420 g/mol. The van der Waals surface area contributed by atoms with E-state index in [2.05, 4.69) is 35.9 Å². The number of halogens is 2. The molecule has 0 fully saturated rings. The predicted molar refractivity (Wildman–Crippen MR) is 111 cm³/mol. The lowest BCUT2D eigenvalue weighted by atomic mass is 10.0. The number of aromatic amines is 1. The minimum absolute atomic E-state index is 0.116. The second-order valence-corrected chi connectivity index (χ2v) is 6.95. The largest absolute Gasteiger partial charge is 0.360 e. The number of aliphatic hydroxyl groups is 1. The Morgan fingerprint density at radius 1 is 1.28 bits per heavy atom. The van der Waals surface area contributed by atoms with Gasteiger partial charge in [0.05, 0.1) is 30.1 Å². The molecule has 0 bridgehead atoms. The Morgan fingerprint density at radius 2 is 2.16 bits per heavy atom. The topological polar surface area (TPSA) is 138 Å². The van der Waals surface area contributed by atoms with Gasteiger partial charge in [-0.15, -0.1) is 0 Å². The quantitative estimate of drug-likeness (QED) is 0.308. The summed E-state index contributed by atoms with van der Waals surface area (Å²) in [6, 6.07) is 5.57. The second-order valence-electron chi connectivity index (χ2n) is 6.95. The molecule has 12 heteroatoms. The minimum atomic E-state index is -1.15. The summed E-state index contributed by atoms with van der Waals surface area (Å²) in [5.41, 5.74) is 1.36. The smallest absolute Gasteiger partial charge is 0.223 e. The van der Waals surface area contributed by atoms with Crippen LogP contribution in [-0.2, 0) is 0 Å². The summed E-state index contributed by atoms with van der Waals surface area (Å²) < 4.78 is 27.8. The molecule has 0 amide bonds. The zero-order chi connectivity index (χ0) is 22.5. The summed E-state index contributed by atoms with van der Waals surface area (Å²) in [5, 5.41) is 37.4. The van der Waals surface area contributed by atoms with Gasteiger partial charge < -0.3 is 10.4 Å². The maximum Gasteiger partial charge on any atom is 0.223 e. The van der Waals surface area contributed by atoms with Crippen molar-refractivity contribution in [3.8, 4) is 17.3 Å². The van der Waals surface area contributed by atoms with E-state index in [0.717, 1.165) is 12.3 Å². The van der Waals surface area contributed by atoms with Crippen LogP contribution in [0.25, 0.3) is 11.3 Å². The number of nitriles is 1. The van der Waals surface area contributed by atoms with Gasteiger partial charge in [0.1, 0.15) is 11.5 Å². The Hall–Kier alpha value is -3.95. The molecule has 0 aliphatic carbocycles. The van der Waals surface area contributed by atoms with Crippen molar-refractivity contribution >= 4 is 12.2 Å². The SMILES string of the molecule is N#Cc1cc(F)cc([C@@H]2CC=NN2C(O)NCCNc2ncc(F)c(-c3cn[nH]c3)n2)c1. The molecule has 2 aromatic heterocycles. The molecule has 0 saturated heterocycles. The number of aliphatic hydroxyl groups excluding tert-OH is 1. The third-order valence-electron chi connectivity index (χ3n) is 4.80. The molecule has 0 radical (unpaired) electrons. The fourth-order valence-corrected chi connectivity index (χ4v) is 3.33. The summed E-state index contributed by atoms with van der Waals surface area (Å²) in [4.78, 5) is 8.05. The molecular formula is C20H19F2N9O. The van der Waals surface area contributed by atoms with E-state index in [1.807, 2.05) is 6.07 Å². The van der Waals surface area contributed by atoms with E-state index >= 15 is 0 Å². The lowest BCUT2D eigenvalue weighted by Crippen LogP contribution is -2.44. The third-order valence-corrected chi connectivity index (χ3v) is 4.80. The van der Waals surface area contributed by atoms with E-state index in [9.17, 15) is 13.9 Å². The predicted octanol–water partition coefficient (Wildman–Crippen LogP) is 1.73. The van der Waals surface area contributed by atoms with Crippen molar-refractivity contribution in [2.75, 3.05) is 18.4 Å². The van der Waals surface area contributed by atoms with E-state index in [-0.39, 0.29) is 17.2 Å². The third kappa shape index (κ3) is 4.69. The number of nitrogens with one attached hydrogen (secondary N) is 3. The lowest BCUT2D eigenvalue weighted by Gasteiger charge is -2.29. The highest BCUT2D eigenvalue weighted by atomic mass is 19.1. The van der Waals surface area contributed by atoms with Crippen molar-refractivity contribution in [3.63, 3.8) is 0 Å². The molecule has 1 aliphatic rings. The molecule has 3 aromatic rings. The molecule has 3 heterocycles. The Morgan fingerprint density at radius 3 is 2.94 bits per heavy atom. The van der Waals surface area contributed by atoms with Crippen molar-refractivity contribution in [2.24, 2.45) is 5.10 Å². The standard InChI is InChI=1S/C20H19F2N9O/c21-15-6-12(8-23)5-13(7-15)17-1-2-29-31(17)20(32)25-4-3-24-19-26-11-16(22)18(30-19)14-9-27-28-10-14/h2,5-7,9-11,17,20,25,32H,1,3-4H2,(H,27,28)(H,24,26,30)/t17-,20?/m0/s1. The highest BCUT2D eigenvalue weighted by Gasteiger charge is 2.28. The molecule has 1 unspecified atom stereocenters. The fourth-order valence-electron chi connectivity index (χ4n) is 3.33. The molecule has 0 saturated carbocycles. The number of nitrogens with zero attached hydrogens (tertiary/aromatic N) is 6. The van der Waals surface area contributed by atoms with Crippen LogP contribution in [0.2, 0.25) is 0 Å². The van der Waals surface area contributed by atoms with Crippen LogP contribution in [0.4, 0.5) is 14.7 Å². The monoisotopic (exact) mass is 439 g/mol. The fraction of sp³-hybridized carbons (Fsp3) is 0.250. The number of anilines is 1. The van der Waals surface area contributed by atoms with Gasteiger partial charge in [-0.1, -0.05) is 0 Å². The summed E-state index contributed by atoms with van der Waals surface area (Å²) in [6.45, 7) is 0.628. The first-order chi connectivity index (χ1) is 15.5. The van der Waals surface area contributed by atoms with Gasteiger partial charge in [-0.25, -0.2) is 23.8 Å². The maximum absolute atomic E-state index is 13.9. The van der Waals surface area contributed by atoms with Gasteiger partial charge in [0.25, 0.3) is 0 Å². The Kier molecular flexibility index (Phi) is 6.29. The highest BCUT2D eigenvalue weighted by molar-refractivity contribution is 5.61. The molecule has 4 N–H and O–H groups in total. The number of rotatable bonds is 8. The van der Waals surface area contributed by atoms with Crippen LogP contribution >= 0.6 is 0 Å². The van der Waals surface area contributed by atoms with Crippen LogP contribution in [0.1, 0.15) is 23.6 Å². The van der Waals surface area contributed by atoms with Gasteiger partial charge >= 0.3 is 0 Å². The Bertz CT molecular complexity index is 1150. The van der Waals surface area contributed by atoms with Crippen molar-refractivity contribution < 1.29 is 13.9 Å². The first-order valence-corrected chi connectivity index (χ1v) is 9.73. The first-order valence-electron chi connectivity index (χ1n) is 9.73. The minimum Gasteiger partial charge on any atom is -0.360 e. The molecule has 32 heavy (non-hydrogen) atoms. The summed E-state index contributed by atoms with van der Waals surface area (Å²) in [6.07, 6.45) is 4.99. The van der Waals surface area contributed by atoms with Crippen molar-refractivity contribution in [1.29, 1.82) is 5.26 Å². The van der Waals surface area contributed by atoms with Crippen LogP contribution in [-0.4, -0.2) is 55.9 Å². The summed E-state index contributed by atoms with van der Waals surface area (Å²) >= 11 is 0. The van der Waals surface area contributed by atoms with Crippen molar-refractivity contribution in [1.82, 2.24) is 30.5 Å². The summed E-state index contributed by atoms with van der Waals surface area (Å²) in [7, 11) is 0. The van der Waals surface area contributed by atoms with Gasteiger partial charge in [0.2, 0.25) is 5.95 Å². The van der Waals surface area contributed by atoms with Crippen LogP contribution in [0.15, 0.2) is 41.9 Å². The van der Waals surface area contributed by atoms with E-state index in [4.69, 9.17) is 5.26 Å². The zero-order valence-electron chi connectivity index (χ0n) is 16.7. The second kappa shape index (κ2) is 9.46. The molecule has 10 nitrogen and oxygen atoms in total. The normalized spacial score (nSPS) is 16.2. The van der Waals surface area contributed by atoms with Gasteiger partial charge in [0, 0.05) is 37.5 Å². The average Bonchev–Trinajstić information content (AvgIpc) is 3.49.